The van der Waals surface area contributed by atoms with Crippen molar-refractivity contribution in [3.05, 3.63) is 60.8 Å². The number of halogens is 1. The first kappa shape index (κ1) is 16.3. The summed E-state index contributed by atoms with van der Waals surface area (Å²) in [5, 5.41) is 2.82. The second kappa shape index (κ2) is 6.61. The third kappa shape index (κ3) is 3.19. The molecule has 0 spiro atoms. The van der Waals surface area contributed by atoms with Gasteiger partial charge in [-0.05, 0) is 49.4 Å². The zero-order valence-electron chi connectivity index (χ0n) is 13.3. The molecule has 3 aromatic rings. The van der Waals surface area contributed by atoms with Crippen LogP contribution >= 0.6 is 22.9 Å². The smallest absolute Gasteiger partial charge is 0.339 e. The van der Waals surface area contributed by atoms with E-state index in [1.165, 1.54) is 11.3 Å². The molecule has 2 aromatic heterocycles. The summed E-state index contributed by atoms with van der Waals surface area (Å²) in [7, 11) is 0. The Morgan fingerprint density at radius 3 is 3.04 bits per heavy atom. The van der Waals surface area contributed by atoms with Gasteiger partial charge in [-0.25, -0.2) is 9.78 Å². The van der Waals surface area contributed by atoms with Crippen molar-refractivity contribution in [1.82, 2.24) is 9.97 Å². The number of aryl methyl sites for hydroxylation is 1. The molecule has 0 bridgehead atoms. The highest BCUT2D eigenvalue weighted by molar-refractivity contribution is 7.10. The molecule has 0 saturated heterocycles. The van der Waals surface area contributed by atoms with Crippen LogP contribution in [-0.2, 0) is 24.2 Å². The average molecular weight is 375 g/mol. The molecule has 0 atom stereocenters. The van der Waals surface area contributed by atoms with Crippen LogP contribution in [-0.4, -0.2) is 15.9 Å². The summed E-state index contributed by atoms with van der Waals surface area (Å²) in [6.07, 6.45) is 4.23. The van der Waals surface area contributed by atoms with E-state index in [2.05, 4.69) is 9.97 Å². The van der Waals surface area contributed by atoms with Crippen molar-refractivity contribution >= 4 is 39.8 Å². The van der Waals surface area contributed by atoms with Crippen LogP contribution in [0, 0.1) is 0 Å². The predicted molar refractivity (Wildman–Crippen MR) is 97.5 cm³/mol. The summed E-state index contributed by atoms with van der Waals surface area (Å²) in [6, 6.07) is 4.88. The highest BCUT2D eigenvalue weighted by Crippen LogP contribution is 2.30. The number of ether oxygens (including phenoxy) is 1. The van der Waals surface area contributed by atoms with Crippen LogP contribution < -0.4 is 5.56 Å². The van der Waals surface area contributed by atoms with E-state index in [0.717, 1.165) is 24.8 Å². The number of esters is 1. The van der Waals surface area contributed by atoms with Crippen LogP contribution in [0.3, 0.4) is 0 Å². The zero-order valence-corrected chi connectivity index (χ0v) is 14.9. The number of aromatic amines is 1. The second-order valence-electron chi connectivity index (χ2n) is 6.01. The van der Waals surface area contributed by atoms with Gasteiger partial charge in [-0.2, -0.15) is 0 Å². The number of aromatic nitrogens is 2. The normalized spacial score (nSPS) is 13.6. The van der Waals surface area contributed by atoms with Crippen molar-refractivity contribution < 1.29 is 9.53 Å². The van der Waals surface area contributed by atoms with Gasteiger partial charge in [0.1, 0.15) is 12.4 Å². The summed E-state index contributed by atoms with van der Waals surface area (Å²) in [4.78, 5) is 32.7. The first-order valence-electron chi connectivity index (χ1n) is 8.06. The maximum Gasteiger partial charge on any atom is 0.339 e. The van der Waals surface area contributed by atoms with Gasteiger partial charge in [0.2, 0.25) is 0 Å². The topological polar surface area (TPSA) is 72.0 Å². The molecule has 4 rings (SSSR count). The fraction of sp³-hybridized carbons (Fsp3) is 0.278. The highest BCUT2D eigenvalue weighted by Gasteiger charge is 2.21. The monoisotopic (exact) mass is 374 g/mol. The fourth-order valence-electron chi connectivity index (χ4n) is 3.11. The minimum atomic E-state index is -0.367. The number of hydrogen-bond donors (Lipinski definition) is 1. The molecule has 1 N–H and O–H groups in total. The molecule has 1 aliphatic rings. The SMILES string of the molecule is O=C(OCc1nc2cc(Cl)ccc2c(=O)[nH]1)c1csc2c1CCCC2. The lowest BCUT2D eigenvalue weighted by molar-refractivity contribution is 0.0461. The number of thiophene rings is 1. The number of rotatable bonds is 3. The maximum absolute atomic E-state index is 12.4. The van der Waals surface area contributed by atoms with Crippen molar-refractivity contribution in [2.75, 3.05) is 0 Å². The number of fused-ring (bicyclic) bond motifs is 2. The van der Waals surface area contributed by atoms with Crippen LogP contribution in [0.15, 0.2) is 28.4 Å². The lowest BCUT2D eigenvalue weighted by Crippen LogP contribution is -2.15. The summed E-state index contributed by atoms with van der Waals surface area (Å²) in [5.41, 5.74) is 1.97. The molecule has 2 heterocycles. The van der Waals surface area contributed by atoms with Crippen LogP contribution in [0.2, 0.25) is 5.02 Å². The van der Waals surface area contributed by atoms with E-state index < -0.39 is 0 Å². The molecule has 0 fully saturated rings. The second-order valence-corrected chi connectivity index (χ2v) is 7.41. The van der Waals surface area contributed by atoms with E-state index in [4.69, 9.17) is 16.3 Å². The molecule has 5 nitrogen and oxygen atoms in total. The summed E-state index contributed by atoms with van der Waals surface area (Å²) in [6.45, 7) is -0.0822. The molecule has 0 amide bonds. The molecule has 0 radical (unpaired) electrons. The van der Waals surface area contributed by atoms with E-state index in [9.17, 15) is 9.59 Å². The molecule has 7 heteroatoms. The van der Waals surface area contributed by atoms with Crippen LogP contribution in [0.4, 0.5) is 0 Å². The van der Waals surface area contributed by atoms with Gasteiger partial charge in [-0.1, -0.05) is 11.6 Å². The van der Waals surface area contributed by atoms with Gasteiger partial charge < -0.3 is 9.72 Å². The third-order valence-electron chi connectivity index (χ3n) is 4.34. The zero-order chi connectivity index (χ0) is 17.4. The maximum atomic E-state index is 12.4. The first-order chi connectivity index (χ1) is 12.1. The number of carbonyl (C=O) groups is 1. The summed E-state index contributed by atoms with van der Waals surface area (Å²) in [5.74, 6) is -0.0644. The molecule has 0 aliphatic heterocycles. The Labute approximate surface area is 152 Å². The Kier molecular flexibility index (Phi) is 4.31. The molecule has 1 aliphatic carbocycles. The number of nitrogens with zero attached hydrogens (tertiary/aromatic N) is 1. The number of carbonyl (C=O) groups excluding carboxylic acids is 1. The van der Waals surface area contributed by atoms with Crippen molar-refractivity contribution in [1.29, 1.82) is 0 Å². The van der Waals surface area contributed by atoms with Gasteiger partial charge in [0.25, 0.3) is 5.56 Å². The quantitative estimate of drug-likeness (QED) is 0.706. The third-order valence-corrected chi connectivity index (χ3v) is 5.66. The van der Waals surface area contributed by atoms with Gasteiger partial charge in [-0.3, -0.25) is 4.79 Å². The van der Waals surface area contributed by atoms with Crippen molar-refractivity contribution in [2.24, 2.45) is 0 Å². The molecule has 0 unspecified atom stereocenters. The molecular weight excluding hydrogens is 360 g/mol. The molecule has 25 heavy (non-hydrogen) atoms. The van der Waals surface area contributed by atoms with E-state index in [0.29, 0.717) is 27.3 Å². The molecular formula is C18H15ClN2O3S. The van der Waals surface area contributed by atoms with Crippen molar-refractivity contribution in [2.45, 2.75) is 32.3 Å². The Hall–Kier alpha value is -2.18. The Balaban J connectivity index is 1.55. The Bertz CT molecular complexity index is 1020. The van der Waals surface area contributed by atoms with Crippen LogP contribution in [0.5, 0.6) is 0 Å². The van der Waals surface area contributed by atoms with Gasteiger partial charge in [-0.15, -0.1) is 11.3 Å². The Morgan fingerprint density at radius 1 is 1.32 bits per heavy atom. The predicted octanol–water partition coefficient (Wildman–Crippen LogP) is 3.87. The van der Waals surface area contributed by atoms with E-state index in [-0.39, 0.29) is 18.1 Å². The average Bonchev–Trinajstić information content (AvgIpc) is 3.03. The first-order valence-corrected chi connectivity index (χ1v) is 9.32. The van der Waals surface area contributed by atoms with Gasteiger partial charge in [0.05, 0.1) is 16.5 Å². The fourth-order valence-corrected chi connectivity index (χ4v) is 4.39. The van der Waals surface area contributed by atoms with Gasteiger partial charge in [0.15, 0.2) is 0 Å². The summed E-state index contributed by atoms with van der Waals surface area (Å²) < 4.78 is 5.37. The van der Waals surface area contributed by atoms with E-state index in [1.54, 1.807) is 29.5 Å². The lowest BCUT2D eigenvalue weighted by atomic mass is 9.96. The van der Waals surface area contributed by atoms with Gasteiger partial charge >= 0.3 is 5.97 Å². The molecule has 1 aromatic carbocycles. The number of hydrogen-bond acceptors (Lipinski definition) is 5. The van der Waals surface area contributed by atoms with Crippen LogP contribution in [0.1, 0.15) is 39.5 Å². The minimum Gasteiger partial charge on any atom is -0.454 e. The van der Waals surface area contributed by atoms with Crippen molar-refractivity contribution in [3.8, 4) is 0 Å². The Morgan fingerprint density at radius 2 is 2.16 bits per heavy atom. The number of H-pyrrole nitrogens is 1. The van der Waals surface area contributed by atoms with Gasteiger partial charge in [0, 0.05) is 15.3 Å². The lowest BCUT2D eigenvalue weighted by Gasteiger charge is -2.12. The van der Waals surface area contributed by atoms with Crippen LogP contribution in [0.25, 0.3) is 10.9 Å². The highest BCUT2D eigenvalue weighted by atomic mass is 35.5. The summed E-state index contributed by atoms with van der Waals surface area (Å²) >= 11 is 7.57. The largest absolute Gasteiger partial charge is 0.454 e. The molecule has 128 valence electrons. The number of nitrogens with one attached hydrogen (secondary N) is 1. The van der Waals surface area contributed by atoms with E-state index in [1.807, 2.05) is 5.38 Å². The van der Waals surface area contributed by atoms with E-state index >= 15 is 0 Å². The standard InChI is InChI=1S/C18H15ClN2O3S/c19-10-5-6-12-14(7-10)20-16(21-17(12)22)8-24-18(23)13-9-25-15-4-2-1-3-11(13)15/h5-7,9H,1-4,8H2,(H,20,21,22). The molecule has 0 saturated carbocycles. The number of benzene rings is 1. The van der Waals surface area contributed by atoms with Crippen molar-refractivity contribution in [3.63, 3.8) is 0 Å². The minimum absolute atomic E-state index is 0.0822.